The van der Waals surface area contributed by atoms with Crippen LogP contribution in [-0.4, -0.2) is 22.0 Å². The molecular formula is C18H17FN4O2S2. The van der Waals surface area contributed by atoms with E-state index in [9.17, 15) is 14.0 Å². The Hall–Kier alpha value is -2.91. The van der Waals surface area contributed by atoms with Gasteiger partial charge in [0.1, 0.15) is 5.82 Å². The second-order valence-corrected chi connectivity index (χ2v) is 6.16. The standard InChI is InChI=1S/C18H17FN4O2S2/c1-2-15(24)22-17(26)20-13-7-9-14(10-8-13)21-18(27)23-16(25)11-3-5-12(19)6-4-11/h3-10H,2H2,1H3,(H2,20,22,24,26)(H2,21,23,25,27). The van der Waals surface area contributed by atoms with Gasteiger partial charge in [0.25, 0.3) is 5.91 Å². The fourth-order valence-corrected chi connectivity index (χ4v) is 2.40. The van der Waals surface area contributed by atoms with Gasteiger partial charge in [-0.3, -0.25) is 14.9 Å². The van der Waals surface area contributed by atoms with Crippen LogP contribution in [0.4, 0.5) is 15.8 Å². The SMILES string of the molecule is CCC(=O)NC(=S)Nc1ccc(NC(=S)NC(=O)c2ccc(F)cc2)cc1. The summed E-state index contributed by atoms with van der Waals surface area (Å²) in [6, 6.07) is 12.1. The molecule has 0 unspecified atom stereocenters. The van der Waals surface area contributed by atoms with E-state index in [0.29, 0.717) is 23.4 Å². The lowest BCUT2D eigenvalue weighted by molar-refractivity contribution is -0.119. The van der Waals surface area contributed by atoms with Gasteiger partial charge in [-0.05, 0) is 73.0 Å². The molecule has 6 nitrogen and oxygen atoms in total. The van der Waals surface area contributed by atoms with Gasteiger partial charge in [-0.15, -0.1) is 0 Å². The van der Waals surface area contributed by atoms with E-state index < -0.39 is 11.7 Å². The molecule has 27 heavy (non-hydrogen) atoms. The molecule has 140 valence electrons. The molecule has 4 N–H and O–H groups in total. The number of carbonyl (C=O) groups excluding carboxylic acids is 2. The molecule has 2 aromatic rings. The Morgan fingerprint density at radius 2 is 1.33 bits per heavy atom. The molecule has 0 bridgehead atoms. The lowest BCUT2D eigenvalue weighted by Crippen LogP contribution is -2.34. The molecule has 0 heterocycles. The number of nitrogens with one attached hydrogen (secondary N) is 4. The maximum atomic E-state index is 12.9. The van der Waals surface area contributed by atoms with Gasteiger partial charge in [0.15, 0.2) is 10.2 Å². The zero-order valence-electron chi connectivity index (χ0n) is 14.3. The number of carbonyl (C=O) groups is 2. The lowest BCUT2D eigenvalue weighted by Gasteiger charge is -2.12. The van der Waals surface area contributed by atoms with Gasteiger partial charge in [0, 0.05) is 23.4 Å². The summed E-state index contributed by atoms with van der Waals surface area (Å²) >= 11 is 10.1. The van der Waals surface area contributed by atoms with Gasteiger partial charge < -0.3 is 16.0 Å². The number of amides is 2. The van der Waals surface area contributed by atoms with E-state index in [1.165, 1.54) is 24.3 Å². The van der Waals surface area contributed by atoms with E-state index in [-0.39, 0.29) is 16.1 Å². The monoisotopic (exact) mass is 404 g/mol. The molecule has 9 heteroatoms. The summed E-state index contributed by atoms with van der Waals surface area (Å²) in [6.45, 7) is 1.73. The number of thiocarbonyl (C=S) groups is 2. The summed E-state index contributed by atoms with van der Waals surface area (Å²) in [5.41, 5.74) is 1.62. The maximum absolute atomic E-state index is 12.9. The Labute approximate surface area is 166 Å². The average molecular weight is 404 g/mol. The van der Waals surface area contributed by atoms with Crippen LogP contribution in [0.2, 0.25) is 0 Å². The molecule has 0 saturated carbocycles. The summed E-state index contributed by atoms with van der Waals surface area (Å²) in [5.74, 6) is -1.04. The van der Waals surface area contributed by atoms with E-state index in [1.54, 1.807) is 31.2 Å². The predicted octanol–water partition coefficient (Wildman–Crippen LogP) is 3.18. The first-order valence-corrected chi connectivity index (χ1v) is 8.78. The molecular weight excluding hydrogens is 387 g/mol. The van der Waals surface area contributed by atoms with Gasteiger partial charge in [-0.1, -0.05) is 6.92 Å². The third-order valence-electron chi connectivity index (χ3n) is 3.31. The van der Waals surface area contributed by atoms with Gasteiger partial charge in [-0.2, -0.15) is 0 Å². The van der Waals surface area contributed by atoms with Crippen molar-refractivity contribution in [3.05, 3.63) is 59.9 Å². The summed E-state index contributed by atoms with van der Waals surface area (Å²) in [5, 5.41) is 11.1. The normalized spacial score (nSPS) is 9.85. The van der Waals surface area contributed by atoms with Gasteiger partial charge in [0.2, 0.25) is 5.91 Å². The quantitative estimate of drug-likeness (QED) is 0.586. The first kappa shape index (κ1) is 20.4. The highest BCUT2D eigenvalue weighted by Crippen LogP contribution is 2.13. The van der Waals surface area contributed by atoms with Crippen LogP contribution in [0, 0.1) is 5.82 Å². The Bertz CT molecular complexity index is 855. The lowest BCUT2D eigenvalue weighted by atomic mass is 10.2. The van der Waals surface area contributed by atoms with Crippen LogP contribution in [0.15, 0.2) is 48.5 Å². The van der Waals surface area contributed by atoms with E-state index in [1.807, 2.05) is 0 Å². The van der Waals surface area contributed by atoms with Gasteiger partial charge >= 0.3 is 0 Å². The highest BCUT2D eigenvalue weighted by Gasteiger charge is 2.08. The van der Waals surface area contributed by atoms with Crippen molar-refractivity contribution in [3.63, 3.8) is 0 Å². The minimum Gasteiger partial charge on any atom is -0.332 e. The first-order valence-electron chi connectivity index (χ1n) is 7.96. The topological polar surface area (TPSA) is 82.3 Å². The van der Waals surface area contributed by atoms with Crippen molar-refractivity contribution in [1.29, 1.82) is 0 Å². The summed E-state index contributed by atoms with van der Waals surface area (Å²) < 4.78 is 12.9. The van der Waals surface area contributed by atoms with E-state index in [0.717, 1.165) is 0 Å². The van der Waals surface area contributed by atoms with Crippen molar-refractivity contribution < 1.29 is 14.0 Å². The van der Waals surface area contributed by atoms with Crippen LogP contribution in [0.5, 0.6) is 0 Å². The Morgan fingerprint density at radius 3 is 1.81 bits per heavy atom. The molecule has 0 spiro atoms. The Morgan fingerprint density at radius 1 is 0.852 bits per heavy atom. The van der Waals surface area contributed by atoms with Crippen LogP contribution in [-0.2, 0) is 4.79 Å². The Kier molecular flexibility index (Phi) is 7.33. The highest BCUT2D eigenvalue weighted by atomic mass is 32.1. The largest absolute Gasteiger partial charge is 0.332 e. The molecule has 2 aromatic carbocycles. The number of halogens is 1. The van der Waals surface area contributed by atoms with Crippen LogP contribution in [0.1, 0.15) is 23.7 Å². The number of anilines is 2. The first-order chi connectivity index (χ1) is 12.9. The van der Waals surface area contributed by atoms with Crippen molar-refractivity contribution in [2.75, 3.05) is 10.6 Å². The van der Waals surface area contributed by atoms with Crippen LogP contribution in [0.25, 0.3) is 0 Å². The zero-order chi connectivity index (χ0) is 19.8. The Balaban J connectivity index is 1.87. The predicted molar refractivity (Wildman–Crippen MR) is 111 cm³/mol. The molecule has 0 aliphatic rings. The summed E-state index contributed by atoms with van der Waals surface area (Å²) in [4.78, 5) is 23.3. The van der Waals surface area contributed by atoms with E-state index in [4.69, 9.17) is 24.4 Å². The second-order valence-electron chi connectivity index (χ2n) is 5.35. The van der Waals surface area contributed by atoms with Crippen LogP contribution < -0.4 is 21.3 Å². The third-order valence-corrected chi connectivity index (χ3v) is 3.72. The molecule has 0 radical (unpaired) electrons. The van der Waals surface area contributed by atoms with E-state index >= 15 is 0 Å². The number of benzene rings is 2. The second kappa shape index (κ2) is 9.70. The van der Waals surface area contributed by atoms with Crippen molar-refractivity contribution in [3.8, 4) is 0 Å². The third kappa shape index (κ3) is 6.72. The van der Waals surface area contributed by atoms with Gasteiger partial charge in [-0.25, -0.2) is 4.39 Å². The molecule has 2 amide bonds. The van der Waals surface area contributed by atoms with Crippen LogP contribution in [0.3, 0.4) is 0 Å². The molecule has 0 aliphatic carbocycles. The van der Waals surface area contributed by atoms with Crippen LogP contribution >= 0.6 is 24.4 Å². The summed E-state index contributed by atoms with van der Waals surface area (Å²) in [6.07, 6.45) is 0.339. The molecule has 0 atom stereocenters. The molecule has 2 rings (SSSR count). The fourth-order valence-electron chi connectivity index (χ4n) is 1.95. The van der Waals surface area contributed by atoms with Crippen molar-refractivity contribution in [2.45, 2.75) is 13.3 Å². The molecule has 0 saturated heterocycles. The van der Waals surface area contributed by atoms with Crippen molar-refractivity contribution in [1.82, 2.24) is 10.6 Å². The maximum Gasteiger partial charge on any atom is 0.257 e. The number of hydrogen-bond acceptors (Lipinski definition) is 4. The molecule has 0 fully saturated rings. The van der Waals surface area contributed by atoms with E-state index in [2.05, 4.69) is 21.3 Å². The zero-order valence-corrected chi connectivity index (χ0v) is 16.0. The van der Waals surface area contributed by atoms with Crippen molar-refractivity contribution >= 4 is 57.8 Å². The summed E-state index contributed by atoms with van der Waals surface area (Å²) in [7, 11) is 0. The minimum absolute atomic E-state index is 0.107. The van der Waals surface area contributed by atoms with Gasteiger partial charge in [0.05, 0.1) is 0 Å². The minimum atomic E-state index is -0.442. The number of rotatable bonds is 4. The highest BCUT2D eigenvalue weighted by molar-refractivity contribution is 7.80. The van der Waals surface area contributed by atoms with Crippen molar-refractivity contribution in [2.24, 2.45) is 0 Å². The smallest absolute Gasteiger partial charge is 0.257 e. The average Bonchev–Trinajstić information content (AvgIpc) is 2.63. The molecule has 0 aromatic heterocycles. The molecule has 0 aliphatic heterocycles. The number of hydrogen-bond donors (Lipinski definition) is 4. The fraction of sp³-hybridized carbons (Fsp3) is 0.111.